The Morgan fingerprint density at radius 2 is 2.00 bits per heavy atom. The van der Waals surface area contributed by atoms with Crippen molar-refractivity contribution in [3.63, 3.8) is 0 Å². The summed E-state index contributed by atoms with van der Waals surface area (Å²) in [7, 11) is 2.13. The molecule has 2 atom stereocenters. The number of nitrogens with one attached hydrogen (secondary N) is 2. The van der Waals surface area contributed by atoms with Crippen molar-refractivity contribution in [1.82, 2.24) is 20.8 Å². The lowest BCUT2D eigenvalue weighted by Gasteiger charge is -2.23. The Hall–Kier alpha value is -1.28. The molecule has 2 aromatic heterocycles. The van der Waals surface area contributed by atoms with Crippen molar-refractivity contribution in [3.05, 3.63) is 16.3 Å². The Bertz CT molecular complexity index is 728. The standard InChI is InChI=1S/C18H30N6S/c1-5-6-13-9-14(23-22-13)10-24(4)17-16-11(2)12(3)25-18(16)21-15(20-17)7-8-19/h13-14,22-23H,5-10,19H2,1-4H3. The van der Waals surface area contributed by atoms with E-state index in [1.54, 1.807) is 11.3 Å². The van der Waals surface area contributed by atoms with Gasteiger partial charge in [0.1, 0.15) is 16.5 Å². The number of aromatic nitrogens is 2. The van der Waals surface area contributed by atoms with Crippen molar-refractivity contribution in [3.8, 4) is 0 Å². The monoisotopic (exact) mass is 362 g/mol. The van der Waals surface area contributed by atoms with Gasteiger partial charge in [0.05, 0.1) is 5.39 Å². The molecule has 1 aliphatic heterocycles. The van der Waals surface area contributed by atoms with Crippen LogP contribution in [0.5, 0.6) is 0 Å². The molecule has 0 saturated carbocycles. The molecule has 1 aliphatic rings. The Morgan fingerprint density at radius 3 is 2.72 bits per heavy atom. The van der Waals surface area contributed by atoms with Crippen molar-refractivity contribution >= 4 is 27.4 Å². The van der Waals surface area contributed by atoms with E-state index in [2.05, 4.69) is 43.6 Å². The molecule has 3 rings (SSSR count). The van der Waals surface area contributed by atoms with Gasteiger partial charge in [0, 0.05) is 37.0 Å². The summed E-state index contributed by atoms with van der Waals surface area (Å²) < 4.78 is 0. The summed E-state index contributed by atoms with van der Waals surface area (Å²) in [5.74, 6) is 1.88. The number of aryl methyl sites for hydroxylation is 2. The Kier molecular flexibility index (Phi) is 5.89. The highest BCUT2D eigenvalue weighted by Gasteiger charge is 2.25. The van der Waals surface area contributed by atoms with Crippen molar-refractivity contribution in [2.45, 2.75) is 58.5 Å². The van der Waals surface area contributed by atoms with Crippen LogP contribution in [0.4, 0.5) is 5.82 Å². The third-order valence-corrected chi connectivity index (χ3v) is 6.08. The van der Waals surface area contributed by atoms with Crippen molar-refractivity contribution in [2.24, 2.45) is 5.73 Å². The molecule has 25 heavy (non-hydrogen) atoms. The van der Waals surface area contributed by atoms with Crippen molar-refractivity contribution < 1.29 is 0 Å². The van der Waals surface area contributed by atoms with Gasteiger partial charge in [0.15, 0.2) is 0 Å². The topological polar surface area (TPSA) is 79.1 Å². The second kappa shape index (κ2) is 7.95. The largest absolute Gasteiger partial charge is 0.357 e. The van der Waals surface area contributed by atoms with E-state index < -0.39 is 0 Å². The van der Waals surface area contributed by atoms with Crippen LogP contribution < -0.4 is 21.5 Å². The number of nitrogens with zero attached hydrogens (tertiary/aromatic N) is 3. The number of nitrogens with two attached hydrogens (primary N) is 1. The zero-order valence-corrected chi connectivity index (χ0v) is 16.5. The van der Waals surface area contributed by atoms with Gasteiger partial charge in [-0.3, -0.25) is 10.9 Å². The predicted octanol–water partition coefficient (Wildman–Crippen LogP) is 2.28. The van der Waals surface area contributed by atoms with E-state index in [4.69, 9.17) is 15.7 Å². The zero-order valence-electron chi connectivity index (χ0n) is 15.7. The fraction of sp³-hybridized carbons (Fsp3) is 0.667. The van der Waals surface area contributed by atoms with E-state index in [1.807, 2.05) is 0 Å². The molecule has 1 saturated heterocycles. The number of hydrogen-bond donors (Lipinski definition) is 3. The molecule has 0 amide bonds. The highest BCUT2D eigenvalue weighted by atomic mass is 32.1. The Labute approximate surface area is 154 Å². The minimum atomic E-state index is 0.435. The highest BCUT2D eigenvalue weighted by Crippen LogP contribution is 2.34. The van der Waals surface area contributed by atoms with Gasteiger partial charge in [-0.05, 0) is 38.8 Å². The van der Waals surface area contributed by atoms with Gasteiger partial charge in [-0.25, -0.2) is 9.97 Å². The summed E-state index contributed by atoms with van der Waals surface area (Å²) in [5.41, 5.74) is 13.9. The molecule has 0 bridgehead atoms. The summed E-state index contributed by atoms with van der Waals surface area (Å²) in [4.78, 5) is 14.3. The van der Waals surface area contributed by atoms with E-state index in [0.717, 1.165) is 29.4 Å². The van der Waals surface area contributed by atoms with E-state index in [0.29, 0.717) is 25.0 Å². The zero-order chi connectivity index (χ0) is 18.0. The van der Waals surface area contributed by atoms with Crippen molar-refractivity contribution in [2.75, 3.05) is 25.0 Å². The Morgan fingerprint density at radius 1 is 1.24 bits per heavy atom. The minimum Gasteiger partial charge on any atom is -0.357 e. The average Bonchev–Trinajstić information content (AvgIpc) is 3.12. The van der Waals surface area contributed by atoms with Crippen LogP contribution in [0.1, 0.15) is 42.5 Å². The molecule has 7 heteroatoms. The van der Waals surface area contributed by atoms with Crippen LogP contribution in [0.15, 0.2) is 0 Å². The second-order valence-electron chi connectivity index (χ2n) is 7.05. The van der Waals surface area contributed by atoms with Gasteiger partial charge in [0.2, 0.25) is 0 Å². The molecule has 2 unspecified atom stereocenters. The third-order valence-electron chi connectivity index (χ3n) is 4.98. The minimum absolute atomic E-state index is 0.435. The van der Waals surface area contributed by atoms with E-state index in [9.17, 15) is 0 Å². The molecule has 3 heterocycles. The average molecular weight is 363 g/mol. The first-order valence-electron chi connectivity index (χ1n) is 9.22. The molecule has 4 N–H and O–H groups in total. The van der Waals surface area contributed by atoms with Crippen LogP contribution in [0, 0.1) is 13.8 Å². The molecule has 138 valence electrons. The number of fused-ring (bicyclic) bond motifs is 1. The first-order chi connectivity index (χ1) is 12.0. The van der Waals surface area contributed by atoms with Crippen LogP contribution >= 0.6 is 11.3 Å². The lowest BCUT2D eigenvalue weighted by molar-refractivity contribution is 0.509. The lowest BCUT2D eigenvalue weighted by atomic mass is 10.1. The van der Waals surface area contributed by atoms with E-state index in [1.165, 1.54) is 28.7 Å². The first kappa shape index (κ1) is 18.5. The number of rotatable bonds is 7. The second-order valence-corrected chi connectivity index (χ2v) is 8.26. The van der Waals surface area contributed by atoms with Crippen molar-refractivity contribution in [1.29, 1.82) is 0 Å². The number of thiophene rings is 1. The van der Waals surface area contributed by atoms with Crippen LogP contribution in [-0.4, -0.2) is 42.2 Å². The molecule has 0 spiro atoms. The molecule has 0 radical (unpaired) electrons. The smallest absolute Gasteiger partial charge is 0.141 e. The molecular weight excluding hydrogens is 332 g/mol. The maximum absolute atomic E-state index is 5.73. The van der Waals surface area contributed by atoms with Gasteiger partial charge < -0.3 is 10.6 Å². The number of likely N-dealkylation sites (N-methyl/N-ethyl adjacent to an activating group) is 1. The summed E-state index contributed by atoms with van der Waals surface area (Å²) >= 11 is 1.75. The van der Waals surface area contributed by atoms with Crippen LogP contribution in [0.2, 0.25) is 0 Å². The fourth-order valence-electron chi connectivity index (χ4n) is 3.56. The number of hydrazine groups is 1. The van der Waals surface area contributed by atoms with Crippen LogP contribution in [0.3, 0.4) is 0 Å². The quantitative estimate of drug-likeness (QED) is 0.701. The highest BCUT2D eigenvalue weighted by molar-refractivity contribution is 7.18. The summed E-state index contributed by atoms with van der Waals surface area (Å²) in [6.07, 6.45) is 4.30. The number of anilines is 1. The van der Waals surface area contributed by atoms with Gasteiger partial charge in [0.25, 0.3) is 0 Å². The van der Waals surface area contributed by atoms with Gasteiger partial charge in [-0.15, -0.1) is 11.3 Å². The summed E-state index contributed by atoms with van der Waals surface area (Å²) in [6, 6.07) is 1.01. The van der Waals surface area contributed by atoms with Crippen LogP contribution in [0.25, 0.3) is 10.2 Å². The summed E-state index contributed by atoms with van der Waals surface area (Å²) in [6.45, 7) is 8.07. The predicted molar refractivity (Wildman–Crippen MR) is 106 cm³/mol. The van der Waals surface area contributed by atoms with Gasteiger partial charge in [-0.2, -0.15) is 0 Å². The molecule has 0 aromatic carbocycles. The molecular formula is C18H30N6S. The maximum atomic E-state index is 5.73. The van der Waals surface area contributed by atoms with E-state index in [-0.39, 0.29) is 0 Å². The number of hydrogen-bond acceptors (Lipinski definition) is 7. The van der Waals surface area contributed by atoms with Gasteiger partial charge >= 0.3 is 0 Å². The molecule has 2 aromatic rings. The molecule has 1 fully saturated rings. The maximum Gasteiger partial charge on any atom is 0.141 e. The fourth-order valence-corrected chi connectivity index (χ4v) is 4.60. The third kappa shape index (κ3) is 3.95. The summed E-state index contributed by atoms with van der Waals surface area (Å²) in [5, 5.41) is 1.20. The molecule has 0 aliphatic carbocycles. The molecule has 6 nitrogen and oxygen atoms in total. The SMILES string of the molecule is CCCC1CC(CN(C)c2nc(CCN)nc3sc(C)c(C)c23)NN1. The van der Waals surface area contributed by atoms with E-state index >= 15 is 0 Å². The van der Waals surface area contributed by atoms with Crippen LogP contribution in [-0.2, 0) is 6.42 Å². The first-order valence-corrected chi connectivity index (χ1v) is 10.0. The van der Waals surface area contributed by atoms with Gasteiger partial charge in [-0.1, -0.05) is 13.3 Å². The Balaban J connectivity index is 1.85. The lowest BCUT2D eigenvalue weighted by Crippen LogP contribution is -2.39. The normalized spacial score (nSPS) is 20.5.